The number of fused-ring (bicyclic) bond motifs is 1. The molecule has 0 saturated carbocycles. The van der Waals surface area contributed by atoms with Gasteiger partial charge in [-0.25, -0.2) is 0 Å². The Bertz CT molecular complexity index is 966. The molecular formula is C19H18O6. The van der Waals surface area contributed by atoms with E-state index in [2.05, 4.69) is 0 Å². The van der Waals surface area contributed by atoms with Crippen molar-refractivity contribution in [2.45, 2.75) is 20.3 Å². The zero-order valence-electron chi connectivity index (χ0n) is 14.1. The molecule has 3 rings (SSSR count). The van der Waals surface area contributed by atoms with Crippen LogP contribution >= 0.6 is 0 Å². The van der Waals surface area contributed by atoms with Crippen LogP contribution in [0.1, 0.15) is 34.2 Å². The number of hydrogen-bond donors (Lipinski definition) is 3. The number of aryl methyl sites for hydroxylation is 2. The van der Waals surface area contributed by atoms with E-state index in [9.17, 15) is 20.1 Å². The van der Waals surface area contributed by atoms with Crippen LogP contribution in [0, 0.1) is 6.92 Å². The summed E-state index contributed by atoms with van der Waals surface area (Å²) in [5.41, 5.74) is 1.01. The van der Waals surface area contributed by atoms with E-state index in [0.717, 1.165) is 0 Å². The van der Waals surface area contributed by atoms with Crippen LogP contribution in [-0.4, -0.2) is 28.2 Å². The highest BCUT2D eigenvalue weighted by Crippen LogP contribution is 2.47. The molecule has 0 radical (unpaired) electrons. The van der Waals surface area contributed by atoms with E-state index in [4.69, 9.17) is 9.15 Å². The van der Waals surface area contributed by atoms with Crippen molar-refractivity contribution < 1.29 is 29.3 Å². The summed E-state index contributed by atoms with van der Waals surface area (Å²) in [5.74, 6) is -1.07. The molecule has 2 aromatic carbocycles. The number of methoxy groups -OCH3 is 1. The number of phenols is 3. The van der Waals surface area contributed by atoms with Gasteiger partial charge in [0.25, 0.3) is 0 Å². The third-order valence-electron chi connectivity index (χ3n) is 4.26. The maximum atomic E-state index is 13.0. The zero-order valence-corrected chi connectivity index (χ0v) is 14.1. The molecule has 130 valence electrons. The second-order valence-electron chi connectivity index (χ2n) is 5.69. The third kappa shape index (κ3) is 2.46. The molecule has 0 aliphatic carbocycles. The average molecular weight is 342 g/mol. The summed E-state index contributed by atoms with van der Waals surface area (Å²) in [6.07, 6.45) is 0.409. The van der Waals surface area contributed by atoms with Gasteiger partial charge in [-0.2, -0.15) is 0 Å². The van der Waals surface area contributed by atoms with Crippen molar-refractivity contribution >= 4 is 16.8 Å². The van der Waals surface area contributed by atoms with Gasteiger partial charge in [0.05, 0.1) is 18.1 Å². The molecule has 0 unspecified atom stereocenters. The number of rotatable bonds is 4. The Morgan fingerprint density at radius 1 is 1.08 bits per heavy atom. The van der Waals surface area contributed by atoms with Gasteiger partial charge in [-0.3, -0.25) is 4.79 Å². The topological polar surface area (TPSA) is 100 Å². The van der Waals surface area contributed by atoms with Gasteiger partial charge in [0.1, 0.15) is 17.1 Å². The van der Waals surface area contributed by atoms with E-state index >= 15 is 0 Å². The molecule has 25 heavy (non-hydrogen) atoms. The third-order valence-corrected chi connectivity index (χ3v) is 4.26. The summed E-state index contributed by atoms with van der Waals surface area (Å²) in [6, 6.07) is 6.55. The Hall–Kier alpha value is -3.15. The van der Waals surface area contributed by atoms with Gasteiger partial charge >= 0.3 is 0 Å². The fourth-order valence-electron chi connectivity index (χ4n) is 2.86. The molecule has 0 bridgehead atoms. The molecule has 0 aliphatic heterocycles. The number of furan rings is 1. The van der Waals surface area contributed by atoms with Crippen LogP contribution in [-0.2, 0) is 6.42 Å². The maximum absolute atomic E-state index is 13.0. The fourth-order valence-corrected chi connectivity index (χ4v) is 2.86. The van der Waals surface area contributed by atoms with Crippen LogP contribution in [0.5, 0.6) is 23.0 Å². The van der Waals surface area contributed by atoms with Crippen molar-refractivity contribution in [3.8, 4) is 23.0 Å². The Balaban J connectivity index is 2.28. The van der Waals surface area contributed by atoms with Crippen molar-refractivity contribution in [3.63, 3.8) is 0 Å². The fraction of sp³-hybridized carbons (Fsp3) is 0.211. The van der Waals surface area contributed by atoms with E-state index in [0.29, 0.717) is 23.5 Å². The van der Waals surface area contributed by atoms with Gasteiger partial charge in [-0.05, 0) is 31.2 Å². The Labute approximate surface area is 143 Å². The first-order valence-corrected chi connectivity index (χ1v) is 7.78. The highest BCUT2D eigenvalue weighted by molar-refractivity contribution is 6.19. The van der Waals surface area contributed by atoms with Crippen molar-refractivity contribution in [1.29, 1.82) is 0 Å². The Morgan fingerprint density at radius 3 is 2.28 bits per heavy atom. The number of ether oxygens (including phenoxy) is 1. The first-order valence-electron chi connectivity index (χ1n) is 7.78. The number of aromatic hydroxyl groups is 3. The molecule has 6 heteroatoms. The lowest BCUT2D eigenvalue weighted by molar-refractivity contribution is 0.103. The Kier molecular flexibility index (Phi) is 4.04. The minimum atomic E-state index is -0.669. The van der Waals surface area contributed by atoms with Crippen LogP contribution < -0.4 is 4.74 Å². The molecule has 3 aromatic rings. The molecule has 0 fully saturated rings. The smallest absolute Gasteiger partial charge is 0.201 e. The predicted octanol–water partition coefficient (Wildman–Crippen LogP) is 3.66. The van der Waals surface area contributed by atoms with Gasteiger partial charge < -0.3 is 24.5 Å². The zero-order chi connectivity index (χ0) is 18.3. The van der Waals surface area contributed by atoms with Crippen LogP contribution in [0.4, 0.5) is 0 Å². The SMILES string of the molecule is CCc1oc2c(C)c(O)c(O)c(O)c2c1C(=O)c1ccc(OC)cc1. The minimum Gasteiger partial charge on any atom is -0.504 e. The van der Waals surface area contributed by atoms with Crippen molar-refractivity contribution in [3.05, 3.63) is 46.7 Å². The van der Waals surface area contributed by atoms with Gasteiger partial charge in [-0.1, -0.05) is 6.92 Å². The molecular weight excluding hydrogens is 324 g/mol. The Morgan fingerprint density at radius 2 is 1.72 bits per heavy atom. The molecule has 6 nitrogen and oxygen atoms in total. The van der Waals surface area contributed by atoms with Gasteiger partial charge in [-0.15, -0.1) is 0 Å². The number of carbonyl (C=O) groups excluding carboxylic acids is 1. The standard InChI is InChI=1S/C19H18O6/c1-4-12-13(16(21)10-5-7-11(24-3)8-6-10)14-17(22)18(23)15(20)9(2)19(14)25-12/h5-8,20,22-23H,4H2,1-3H3. The van der Waals surface area contributed by atoms with Crippen LogP contribution in [0.15, 0.2) is 28.7 Å². The minimum absolute atomic E-state index is 0.102. The van der Waals surface area contributed by atoms with E-state index in [1.54, 1.807) is 31.2 Å². The van der Waals surface area contributed by atoms with Crippen LogP contribution in [0.25, 0.3) is 11.0 Å². The molecule has 0 amide bonds. The summed E-state index contributed by atoms with van der Waals surface area (Å²) in [6.45, 7) is 3.36. The van der Waals surface area contributed by atoms with Gasteiger partial charge in [0.15, 0.2) is 17.3 Å². The molecule has 3 N–H and O–H groups in total. The number of phenolic OH excluding ortho intramolecular Hbond substituents is 3. The number of hydrogen-bond acceptors (Lipinski definition) is 6. The number of benzene rings is 2. The second-order valence-corrected chi connectivity index (χ2v) is 5.69. The maximum Gasteiger partial charge on any atom is 0.201 e. The average Bonchev–Trinajstić information content (AvgIpc) is 3.04. The molecule has 1 heterocycles. The van der Waals surface area contributed by atoms with E-state index in [-0.39, 0.29) is 27.9 Å². The monoisotopic (exact) mass is 342 g/mol. The van der Waals surface area contributed by atoms with Crippen LogP contribution in [0.2, 0.25) is 0 Å². The largest absolute Gasteiger partial charge is 0.504 e. The summed E-state index contributed by atoms with van der Waals surface area (Å²) in [4.78, 5) is 13.0. The molecule has 0 atom stereocenters. The summed E-state index contributed by atoms with van der Waals surface area (Å²) in [5, 5.41) is 30.2. The highest BCUT2D eigenvalue weighted by Gasteiger charge is 2.28. The van der Waals surface area contributed by atoms with Crippen LogP contribution in [0.3, 0.4) is 0 Å². The molecule has 0 spiro atoms. The van der Waals surface area contributed by atoms with Crippen molar-refractivity contribution in [1.82, 2.24) is 0 Å². The van der Waals surface area contributed by atoms with E-state index < -0.39 is 17.2 Å². The lowest BCUT2D eigenvalue weighted by Gasteiger charge is -2.07. The number of carbonyl (C=O) groups is 1. The summed E-state index contributed by atoms with van der Waals surface area (Å²) in [7, 11) is 1.53. The first-order chi connectivity index (χ1) is 11.9. The summed E-state index contributed by atoms with van der Waals surface area (Å²) >= 11 is 0. The first kappa shape index (κ1) is 16.7. The quantitative estimate of drug-likeness (QED) is 0.494. The lowest BCUT2D eigenvalue weighted by atomic mass is 9.97. The van der Waals surface area contributed by atoms with Gasteiger partial charge in [0, 0.05) is 17.5 Å². The highest BCUT2D eigenvalue weighted by atomic mass is 16.5. The van der Waals surface area contributed by atoms with Crippen molar-refractivity contribution in [2.24, 2.45) is 0 Å². The molecule has 0 saturated heterocycles. The second kappa shape index (κ2) is 6.05. The van der Waals surface area contributed by atoms with E-state index in [1.165, 1.54) is 7.11 Å². The van der Waals surface area contributed by atoms with Crippen molar-refractivity contribution in [2.75, 3.05) is 7.11 Å². The summed E-state index contributed by atoms with van der Waals surface area (Å²) < 4.78 is 10.8. The predicted molar refractivity (Wildman–Crippen MR) is 91.7 cm³/mol. The van der Waals surface area contributed by atoms with Gasteiger partial charge in [0.2, 0.25) is 5.75 Å². The molecule has 1 aromatic heterocycles. The van der Waals surface area contributed by atoms with E-state index in [1.807, 2.05) is 6.92 Å². The lowest BCUT2D eigenvalue weighted by Crippen LogP contribution is -2.03. The normalized spacial score (nSPS) is 11.0. The number of ketones is 1. The molecule has 0 aliphatic rings.